The number of aliphatic hydroxyl groups is 1. The highest BCUT2D eigenvalue weighted by Gasteiger charge is 2.31. The molecular formula is C13H17BrO2. The van der Waals surface area contributed by atoms with Crippen molar-refractivity contribution in [3.05, 3.63) is 27.7 Å². The fraction of sp³-hybridized carbons (Fsp3) is 0.538. The van der Waals surface area contributed by atoms with Gasteiger partial charge < -0.3 is 9.84 Å². The van der Waals surface area contributed by atoms with E-state index in [1.165, 1.54) is 11.1 Å². The number of aliphatic hydroxyl groups excluding tert-OH is 1. The lowest BCUT2D eigenvalue weighted by atomic mass is 9.99. The van der Waals surface area contributed by atoms with Gasteiger partial charge in [0.05, 0.1) is 4.47 Å². The SMILES string of the molecule is CC1(C)Cc2cc(CCCO)cc(Br)c2O1. The third kappa shape index (κ3) is 2.41. The van der Waals surface area contributed by atoms with Crippen LogP contribution in [0.2, 0.25) is 0 Å². The zero-order valence-electron chi connectivity index (χ0n) is 9.72. The van der Waals surface area contributed by atoms with Gasteiger partial charge in [-0.2, -0.15) is 0 Å². The quantitative estimate of drug-likeness (QED) is 0.924. The van der Waals surface area contributed by atoms with Crippen LogP contribution in [0.15, 0.2) is 16.6 Å². The number of benzene rings is 1. The van der Waals surface area contributed by atoms with Crippen LogP contribution in [0.25, 0.3) is 0 Å². The summed E-state index contributed by atoms with van der Waals surface area (Å²) in [5.41, 5.74) is 2.44. The van der Waals surface area contributed by atoms with Crippen molar-refractivity contribution >= 4 is 15.9 Å². The molecule has 1 heterocycles. The average molecular weight is 285 g/mol. The lowest BCUT2D eigenvalue weighted by Gasteiger charge is -2.17. The van der Waals surface area contributed by atoms with E-state index >= 15 is 0 Å². The number of hydrogen-bond acceptors (Lipinski definition) is 2. The summed E-state index contributed by atoms with van der Waals surface area (Å²) in [6, 6.07) is 4.29. The number of ether oxygens (including phenoxy) is 1. The van der Waals surface area contributed by atoms with Crippen molar-refractivity contribution in [2.24, 2.45) is 0 Å². The maximum Gasteiger partial charge on any atom is 0.137 e. The van der Waals surface area contributed by atoms with Gasteiger partial charge in [0.25, 0.3) is 0 Å². The van der Waals surface area contributed by atoms with Crippen LogP contribution in [-0.4, -0.2) is 17.3 Å². The monoisotopic (exact) mass is 284 g/mol. The van der Waals surface area contributed by atoms with Gasteiger partial charge >= 0.3 is 0 Å². The van der Waals surface area contributed by atoms with E-state index in [0.717, 1.165) is 29.5 Å². The van der Waals surface area contributed by atoms with Crippen LogP contribution in [0.4, 0.5) is 0 Å². The van der Waals surface area contributed by atoms with Gasteiger partial charge in [0, 0.05) is 13.0 Å². The Bertz CT molecular complexity index is 399. The maximum absolute atomic E-state index is 8.84. The molecule has 16 heavy (non-hydrogen) atoms. The largest absolute Gasteiger partial charge is 0.486 e. The van der Waals surface area contributed by atoms with E-state index in [1.54, 1.807) is 0 Å². The first-order chi connectivity index (χ1) is 7.52. The van der Waals surface area contributed by atoms with Gasteiger partial charge in [0.2, 0.25) is 0 Å². The summed E-state index contributed by atoms with van der Waals surface area (Å²) in [5, 5.41) is 8.84. The molecule has 1 aromatic rings. The van der Waals surface area contributed by atoms with E-state index in [-0.39, 0.29) is 12.2 Å². The van der Waals surface area contributed by atoms with Crippen molar-refractivity contribution in [3.63, 3.8) is 0 Å². The van der Waals surface area contributed by atoms with Crippen molar-refractivity contribution in [2.45, 2.75) is 38.7 Å². The van der Waals surface area contributed by atoms with Gasteiger partial charge in [0.1, 0.15) is 11.4 Å². The van der Waals surface area contributed by atoms with Gasteiger partial charge in [-0.3, -0.25) is 0 Å². The Balaban J connectivity index is 2.27. The molecule has 1 N–H and O–H groups in total. The van der Waals surface area contributed by atoms with E-state index in [4.69, 9.17) is 9.84 Å². The molecule has 0 aliphatic carbocycles. The molecule has 0 saturated heterocycles. The predicted molar refractivity (Wildman–Crippen MR) is 68.0 cm³/mol. The van der Waals surface area contributed by atoms with Gasteiger partial charge in [-0.1, -0.05) is 6.07 Å². The third-order valence-corrected chi connectivity index (χ3v) is 3.39. The number of fused-ring (bicyclic) bond motifs is 1. The molecule has 2 nitrogen and oxygen atoms in total. The summed E-state index contributed by atoms with van der Waals surface area (Å²) >= 11 is 3.55. The summed E-state index contributed by atoms with van der Waals surface area (Å²) < 4.78 is 6.92. The molecule has 0 fully saturated rings. The molecule has 0 unspecified atom stereocenters. The fourth-order valence-electron chi connectivity index (χ4n) is 2.16. The first kappa shape index (κ1) is 11.9. The lowest BCUT2D eigenvalue weighted by Crippen LogP contribution is -2.24. The molecule has 0 radical (unpaired) electrons. The number of rotatable bonds is 3. The van der Waals surface area contributed by atoms with Crippen LogP contribution in [0.3, 0.4) is 0 Å². The third-order valence-electron chi connectivity index (χ3n) is 2.80. The number of aryl methyl sites for hydroxylation is 1. The summed E-state index contributed by atoms with van der Waals surface area (Å²) in [5.74, 6) is 0.984. The van der Waals surface area contributed by atoms with E-state index in [0.29, 0.717) is 0 Å². The van der Waals surface area contributed by atoms with Crippen LogP contribution in [0.5, 0.6) is 5.75 Å². The Labute approximate surface area is 105 Å². The van der Waals surface area contributed by atoms with Crippen LogP contribution in [0.1, 0.15) is 31.4 Å². The van der Waals surface area contributed by atoms with E-state index in [1.807, 2.05) is 0 Å². The smallest absolute Gasteiger partial charge is 0.137 e. The van der Waals surface area contributed by atoms with Crippen molar-refractivity contribution in [2.75, 3.05) is 6.61 Å². The summed E-state index contributed by atoms with van der Waals surface area (Å²) in [4.78, 5) is 0. The molecule has 0 atom stereocenters. The highest BCUT2D eigenvalue weighted by atomic mass is 79.9. The Kier molecular flexibility index (Phi) is 3.27. The molecule has 2 rings (SSSR count). The number of hydrogen-bond donors (Lipinski definition) is 1. The second-order valence-corrected chi connectivity index (χ2v) is 5.79. The summed E-state index contributed by atoms with van der Waals surface area (Å²) in [6.45, 7) is 4.45. The van der Waals surface area contributed by atoms with E-state index < -0.39 is 0 Å². The molecule has 3 heteroatoms. The van der Waals surface area contributed by atoms with Crippen molar-refractivity contribution in [1.82, 2.24) is 0 Å². The van der Waals surface area contributed by atoms with Crippen molar-refractivity contribution in [1.29, 1.82) is 0 Å². The molecule has 0 saturated carbocycles. The van der Waals surface area contributed by atoms with Gasteiger partial charge in [-0.05, 0) is 59.8 Å². The normalized spacial score (nSPS) is 17.0. The summed E-state index contributed by atoms with van der Waals surface area (Å²) in [7, 11) is 0. The summed E-state index contributed by atoms with van der Waals surface area (Å²) in [6.07, 6.45) is 2.69. The molecular weight excluding hydrogens is 268 g/mol. The second-order valence-electron chi connectivity index (χ2n) is 4.93. The molecule has 0 aromatic heterocycles. The van der Waals surface area contributed by atoms with E-state index in [9.17, 15) is 0 Å². The standard InChI is InChI=1S/C13H17BrO2/c1-13(2)8-10-6-9(4-3-5-15)7-11(14)12(10)16-13/h6-7,15H,3-5,8H2,1-2H3. The Morgan fingerprint density at radius 2 is 2.19 bits per heavy atom. The van der Waals surface area contributed by atoms with Crippen molar-refractivity contribution < 1.29 is 9.84 Å². The average Bonchev–Trinajstić information content (AvgIpc) is 2.50. The minimum atomic E-state index is -0.0968. The highest BCUT2D eigenvalue weighted by Crippen LogP contribution is 2.41. The van der Waals surface area contributed by atoms with Crippen molar-refractivity contribution in [3.8, 4) is 5.75 Å². The molecule has 88 valence electrons. The molecule has 1 aromatic carbocycles. The zero-order chi connectivity index (χ0) is 11.8. The minimum absolute atomic E-state index is 0.0968. The zero-order valence-corrected chi connectivity index (χ0v) is 11.3. The Morgan fingerprint density at radius 3 is 2.88 bits per heavy atom. The number of halogens is 1. The molecule has 1 aliphatic rings. The molecule has 0 bridgehead atoms. The molecule has 0 amide bonds. The second kappa shape index (κ2) is 4.38. The molecule has 1 aliphatic heterocycles. The first-order valence-electron chi connectivity index (χ1n) is 5.63. The van der Waals surface area contributed by atoms with Crippen LogP contribution in [-0.2, 0) is 12.8 Å². The lowest BCUT2D eigenvalue weighted by molar-refractivity contribution is 0.137. The topological polar surface area (TPSA) is 29.5 Å². The first-order valence-corrected chi connectivity index (χ1v) is 6.42. The Hall–Kier alpha value is -0.540. The Morgan fingerprint density at radius 1 is 1.44 bits per heavy atom. The van der Waals surface area contributed by atoms with Crippen LogP contribution < -0.4 is 4.74 Å². The van der Waals surface area contributed by atoms with Gasteiger partial charge in [0.15, 0.2) is 0 Å². The van der Waals surface area contributed by atoms with Crippen LogP contribution >= 0.6 is 15.9 Å². The van der Waals surface area contributed by atoms with Gasteiger partial charge in [-0.25, -0.2) is 0 Å². The fourth-order valence-corrected chi connectivity index (χ4v) is 2.79. The van der Waals surface area contributed by atoms with Crippen LogP contribution in [0, 0.1) is 0 Å². The molecule has 0 spiro atoms. The highest BCUT2D eigenvalue weighted by molar-refractivity contribution is 9.10. The minimum Gasteiger partial charge on any atom is -0.486 e. The van der Waals surface area contributed by atoms with Gasteiger partial charge in [-0.15, -0.1) is 0 Å². The maximum atomic E-state index is 8.84. The van der Waals surface area contributed by atoms with E-state index in [2.05, 4.69) is 41.9 Å². The predicted octanol–water partition coefficient (Wildman–Crippen LogP) is 3.09.